The average Bonchev–Trinajstić information content (AvgIpc) is 2.95. The van der Waals surface area contributed by atoms with E-state index in [0.717, 1.165) is 11.1 Å². The molecule has 0 saturated carbocycles. The van der Waals surface area contributed by atoms with E-state index in [4.69, 9.17) is 21.1 Å². The summed E-state index contributed by atoms with van der Waals surface area (Å²) in [4.78, 5) is 23.2. The number of halogens is 1. The first-order chi connectivity index (χ1) is 18.9. The van der Waals surface area contributed by atoms with Gasteiger partial charge in [-0.15, -0.1) is 0 Å². The number of anilines is 1. The number of nitriles is 1. The number of para-hydroxylation sites is 1. The van der Waals surface area contributed by atoms with Crippen LogP contribution in [0.3, 0.4) is 0 Å². The zero-order valence-corrected chi connectivity index (χ0v) is 21.3. The number of hydrogen-bond acceptors (Lipinski definition) is 6. The zero-order chi connectivity index (χ0) is 27.6. The number of non-ortho nitro benzene ring substituents is 1. The summed E-state index contributed by atoms with van der Waals surface area (Å²) in [6.45, 7) is 0.459. The van der Waals surface area contributed by atoms with Crippen LogP contribution in [0.1, 0.15) is 16.7 Å². The number of amides is 1. The van der Waals surface area contributed by atoms with E-state index in [9.17, 15) is 20.2 Å². The lowest BCUT2D eigenvalue weighted by Crippen LogP contribution is -2.13. The molecule has 1 N–H and O–H groups in total. The molecule has 0 fully saturated rings. The highest BCUT2D eigenvalue weighted by atomic mass is 35.5. The Morgan fingerprint density at radius 1 is 0.923 bits per heavy atom. The first kappa shape index (κ1) is 26.9. The van der Waals surface area contributed by atoms with E-state index in [2.05, 4.69) is 5.32 Å². The summed E-state index contributed by atoms with van der Waals surface area (Å²) >= 11 is 6.16. The van der Waals surface area contributed by atoms with Crippen LogP contribution in [-0.2, 0) is 18.0 Å². The maximum Gasteiger partial charge on any atom is 0.269 e. The lowest BCUT2D eigenvalue weighted by atomic mass is 10.1. The second-order valence-electron chi connectivity index (χ2n) is 8.28. The van der Waals surface area contributed by atoms with Crippen molar-refractivity contribution in [1.29, 1.82) is 5.26 Å². The van der Waals surface area contributed by atoms with Crippen molar-refractivity contribution in [3.63, 3.8) is 0 Å². The summed E-state index contributed by atoms with van der Waals surface area (Å²) in [5.74, 6) is 0.479. The minimum Gasteiger partial charge on any atom is -0.489 e. The molecular formula is C30H22ClN3O5. The molecule has 0 aliphatic carbocycles. The molecule has 9 heteroatoms. The lowest BCUT2D eigenvalue weighted by Gasteiger charge is -2.10. The Kier molecular flexibility index (Phi) is 8.91. The third kappa shape index (κ3) is 7.44. The average molecular weight is 540 g/mol. The zero-order valence-electron chi connectivity index (χ0n) is 20.5. The molecular weight excluding hydrogens is 518 g/mol. The number of rotatable bonds is 10. The molecule has 0 aromatic heterocycles. The van der Waals surface area contributed by atoms with Crippen LogP contribution in [0, 0.1) is 21.4 Å². The van der Waals surface area contributed by atoms with Crippen LogP contribution in [-0.4, -0.2) is 10.8 Å². The molecule has 0 spiro atoms. The smallest absolute Gasteiger partial charge is 0.269 e. The Balaban J connectivity index is 1.39. The van der Waals surface area contributed by atoms with Gasteiger partial charge in [0.25, 0.3) is 11.6 Å². The Morgan fingerprint density at radius 2 is 1.62 bits per heavy atom. The molecule has 0 saturated heterocycles. The normalized spacial score (nSPS) is 10.8. The van der Waals surface area contributed by atoms with Gasteiger partial charge in [-0.1, -0.05) is 48.0 Å². The van der Waals surface area contributed by atoms with Crippen LogP contribution < -0.4 is 14.8 Å². The van der Waals surface area contributed by atoms with Crippen LogP contribution in [0.4, 0.5) is 11.4 Å². The van der Waals surface area contributed by atoms with E-state index in [1.54, 1.807) is 66.7 Å². The number of benzene rings is 4. The number of hydrogen-bond donors (Lipinski definition) is 1. The molecule has 0 bridgehead atoms. The van der Waals surface area contributed by atoms with E-state index < -0.39 is 10.8 Å². The van der Waals surface area contributed by atoms with Gasteiger partial charge in [0.15, 0.2) is 0 Å². The van der Waals surface area contributed by atoms with Crippen LogP contribution in [0.2, 0.25) is 5.02 Å². The minimum absolute atomic E-state index is 0.00831. The molecule has 0 atom stereocenters. The van der Waals surface area contributed by atoms with Crippen LogP contribution in [0.5, 0.6) is 11.5 Å². The predicted octanol–water partition coefficient (Wildman–Crippen LogP) is 6.95. The molecule has 0 radical (unpaired) electrons. The van der Waals surface area contributed by atoms with Gasteiger partial charge in [-0.25, -0.2) is 0 Å². The third-order valence-electron chi connectivity index (χ3n) is 5.59. The largest absolute Gasteiger partial charge is 0.489 e. The molecule has 39 heavy (non-hydrogen) atoms. The summed E-state index contributed by atoms with van der Waals surface area (Å²) in [7, 11) is 0. The van der Waals surface area contributed by atoms with Gasteiger partial charge >= 0.3 is 0 Å². The van der Waals surface area contributed by atoms with E-state index in [1.807, 2.05) is 24.3 Å². The first-order valence-corrected chi connectivity index (χ1v) is 12.2. The number of carbonyl (C=O) groups excluding carboxylic acids is 1. The highest BCUT2D eigenvalue weighted by Crippen LogP contribution is 2.24. The molecule has 4 aromatic carbocycles. The minimum atomic E-state index is -0.576. The van der Waals surface area contributed by atoms with Gasteiger partial charge < -0.3 is 14.8 Å². The summed E-state index contributed by atoms with van der Waals surface area (Å²) in [6, 6.07) is 29.1. The highest BCUT2D eigenvalue weighted by molar-refractivity contribution is 6.31. The van der Waals surface area contributed by atoms with E-state index in [-0.39, 0.29) is 17.9 Å². The molecule has 4 rings (SSSR count). The summed E-state index contributed by atoms with van der Waals surface area (Å²) in [6.07, 6.45) is 1.45. The molecule has 8 nitrogen and oxygen atoms in total. The lowest BCUT2D eigenvalue weighted by molar-refractivity contribution is -0.384. The summed E-state index contributed by atoms with van der Waals surface area (Å²) in [5.41, 5.74) is 2.50. The SMILES string of the molecule is N#C/C(=C\c1ccccc1OCc1ccc([N+](=O)[O-])cc1)C(=O)Nc1ccc(OCc2ccccc2Cl)cc1. The van der Waals surface area contributed by atoms with E-state index in [1.165, 1.54) is 18.2 Å². The fraction of sp³-hybridized carbons (Fsp3) is 0.0667. The molecule has 0 heterocycles. The first-order valence-electron chi connectivity index (χ1n) is 11.8. The Labute approximate surface area is 229 Å². The van der Waals surface area contributed by atoms with Gasteiger partial charge in [0.1, 0.15) is 36.4 Å². The maximum atomic E-state index is 12.8. The van der Waals surface area contributed by atoms with Gasteiger partial charge in [0, 0.05) is 34.0 Å². The van der Waals surface area contributed by atoms with E-state index >= 15 is 0 Å². The fourth-order valence-electron chi connectivity index (χ4n) is 3.52. The van der Waals surface area contributed by atoms with Gasteiger partial charge in [0.05, 0.1) is 4.92 Å². The number of ether oxygens (including phenoxy) is 2. The maximum absolute atomic E-state index is 12.8. The number of nitrogens with zero attached hydrogens (tertiary/aromatic N) is 2. The van der Waals surface area contributed by atoms with Crippen molar-refractivity contribution in [3.8, 4) is 17.6 Å². The summed E-state index contributed by atoms with van der Waals surface area (Å²) < 4.78 is 11.6. The molecule has 4 aromatic rings. The van der Waals surface area contributed by atoms with Crippen LogP contribution in [0.15, 0.2) is 103 Å². The number of nitro benzene ring substituents is 1. The highest BCUT2D eigenvalue weighted by Gasteiger charge is 2.12. The number of carbonyl (C=O) groups is 1. The molecule has 0 unspecified atom stereocenters. The van der Waals surface area contributed by atoms with Gasteiger partial charge in [-0.05, 0) is 60.2 Å². The second-order valence-corrected chi connectivity index (χ2v) is 8.69. The molecule has 194 valence electrons. The van der Waals surface area contributed by atoms with Crippen LogP contribution >= 0.6 is 11.6 Å². The van der Waals surface area contributed by atoms with Gasteiger partial charge in [0.2, 0.25) is 0 Å². The second kappa shape index (κ2) is 12.9. The van der Waals surface area contributed by atoms with Crippen molar-refractivity contribution in [3.05, 3.63) is 134 Å². The van der Waals surface area contributed by atoms with Crippen molar-refractivity contribution < 1.29 is 19.2 Å². The Morgan fingerprint density at radius 3 is 2.31 bits per heavy atom. The monoisotopic (exact) mass is 539 g/mol. The van der Waals surface area contributed by atoms with Crippen molar-refractivity contribution in [2.45, 2.75) is 13.2 Å². The van der Waals surface area contributed by atoms with Crippen molar-refractivity contribution in [2.75, 3.05) is 5.32 Å². The number of nitrogens with one attached hydrogen (secondary N) is 1. The van der Waals surface area contributed by atoms with Crippen molar-refractivity contribution >= 4 is 35.0 Å². The Hall–Kier alpha value is -5.13. The molecule has 0 aliphatic rings. The quantitative estimate of drug-likeness (QED) is 0.101. The standard InChI is InChI=1S/C30H22ClN3O5/c31-28-7-3-1-6-23(28)20-38-27-15-11-25(12-16-27)33-30(35)24(18-32)17-22-5-2-4-8-29(22)39-19-21-9-13-26(14-10-21)34(36)37/h1-17H,19-20H2,(H,33,35)/b24-17+. The topological polar surface area (TPSA) is 114 Å². The third-order valence-corrected chi connectivity index (χ3v) is 5.96. The predicted molar refractivity (Wildman–Crippen MR) is 148 cm³/mol. The number of nitro groups is 1. The van der Waals surface area contributed by atoms with Crippen molar-refractivity contribution in [2.24, 2.45) is 0 Å². The molecule has 0 aliphatic heterocycles. The van der Waals surface area contributed by atoms with Crippen molar-refractivity contribution in [1.82, 2.24) is 0 Å². The Bertz CT molecular complexity index is 1540. The van der Waals surface area contributed by atoms with Gasteiger partial charge in [-0.2, -0.15) is 5.26 Å². The van der Waals surface area contributed by atoms with Gasteiger partial charge in [-0.3, -0.25) is 14.9 Å². The van der Waals surface area contributed by atoms with E-state index in [0.29, 0.717) is 34.4 Å². The molecule has 1 amide bonds. The fourth-order valence-corrected chi connectivity index (χ4v) is 3.71. The summed E-state index contributed by atoms with van der Waals surface area (Å²) in [5, 5.41) is 23.8. The van der Waals surface area contributed by atoms with Crippen LogP contribution in [0.25, 0.3) is 6.08 Å².